The molecule has 2 N–H and O–H groups in total. The summed E-state index contributed by atoms with van der Waals surface area (Å²) in [6, 6.07) is 4.29. The van der Waals surface area contributed by atoms with Gasteiger partial charge in [0.15, 0.2) is 4.80 Å². The molecule has 142 valence electrons. The molecule has 1 aliphatic heterocycles. The molecule has 0 bridgehead atoms. The molecular weight excluding hydrogens is 419 g/mol. The van der Waals surface area contributed by atoms with Crippen molar-refractivity contribution >= 4 is 44.6 Å². The number of rotatable bonds is 5. The van der Waals surface area contributed by atoms with E-state index in [1.54, 1.807) is 11.6 Å². The fourth-order valence-corrected chi connectivity index (χ4v) is 4.92. The van der Waals surface area contributed by atoms with E-state index in [2.05, 4.69) is 5.32 Å². The van der Waals surface area contributed by atoms with Gasteiger partial charge in [0.25, 0.3) is 0 Å². The van der Waals surface area contributed by atoms with Crippen LogP contribution in [0.25, 0.3) is 0 Å². The first-order valence-electron chi connectivity index (χ1n) is 7.66. The van der Waals surface area contributed by atoms with E-state index in [1.807, 2.05) is 0 Å². The van der Waals surface area contributed by atoms with Crippen LogP contribution in [0, 0.1) is 5.41 Å². The van der Waals surface area contributed by atoms with Crippen LogP contribution in [-0.2, 0) is 21.4 Å². The van der Waals surface area contributed by atoms with Crippen LogP contribution in [-0.4, -0.2) is 36.3 Å². The largest absolute Gasteiger partial charge is 1.00 e. The number of hydrogen-bond donors (Lipinski definition) is 2. The van der Waals surface area contributed by atoms with Gasteiger partial charge in [0.2, 0.25) is 15.9 Å². The smallest absolute Gasteiger partial charge is 0.244 e. The van der Waals surface area contributed by atoms with Crippen molar-refractivity contribution in [2.75, 3.05) is 18.4 Å². The van der Waals surface area contributed by atoms with Gasteiger partial charge < -0.3 is 22.3 Å². The molecule has 1 aliphatic rings. The number of carbonyl (C=O) groups is 1. The predicted molar refractivity (Wildman–Crippen MR) is 96.2 cm³/mol. The summed E-state index contributed by atoms with van der Waals surface area (Å²) in [6.07, 6.45) is 3.34. The third-order valence-electron chi connectivity index (χ3n) is 3.91. The zero-order chi connectivity index (χ0) is 18.0. The maximum atomic E-state index is 12.6. The molecule has 1 aromatic carbocycles. The summed E-state index contributed by atoms with van der Waals surface area (Å²) in [5.41, 5.74) is 0.245. The quantitative estimate of drug-likeness (QED) is 0.637. The van der Waals surface area contributed by atoms with Crippen molar-refractivity contribution in [3.8, 4) is 0 Å². The Balaban J connectivity index is 0.00000243. The molecule has 11 heteroatoms. The van der Waals surface area contributed by atoms with Crippen molar-refractivity contribution in [2.45, 2.75) is 24.3 Å². The van der Waals surface area contributed by atoms with Crippen molar-refractivity contribution in [3.05, 3.63) is 39.6 Å². The topological polar surface area (TPSA) is 95.3 Å². The lowest BCUT2D eigenvalue weighted by molar-refractivity contribution is -0.116. The van der Waals surface area contributed by atoms with Gasteiger partial charge in [0, 0.05) is 24.7 Å². The monoisotopic (exact) mass is 435 g/mol. The van der Waals surface area contributed by atoms with E-state index in [0.717, 1.165) is 12.8 Å². The van der Waals surface area contributed by atoms with Crippen LogP contribution < -0.4 is 22.5 Å². The average Bonchev–Trinajstić information content (AvgIpc) is 3.22. The van der Waals surface area contributed by atoms with Crippen molar-refractivity contribution in [1.82, 2.24) is 8.87 Å². The molecule has 1 amide bonds. The fourth-order valence-electron chi connectivity index (χ4n) is 2.61. The first-order chi connectivity index (χ1) is 11.9. The van der Waals surface area contributed by atoms with Gasteiger partial charge in [0.1, 0.15) is 6.54 Å². The Labute approximate surface area is 166 Å². The molecule has 2 heterocycles. The molecule has 1 fully saturated rings. The van der Waals surface area contributed by atoms with Gasteiger partial charge in [-0.15, -0.1) is 11.3 Å². The number of thiazole rings is 1. The molecule has 1 saturated heterocycles. The number of aromatic nitrogens is 1. The van der Waals surface area contributed by atoms with Crippen LogP contribution in [0.3, 0.4) is 0 Å². The molecule has 1 aromatic heterocycles. The third kappa shape index (κ3) is 4.47. The Bertz CT molecular complexity index is 950. The van der Waals surface area contributed by atoms with Crippen LogP contribution in [0.1, 0.15) is 12.8 Å². The van der Waals surface area contributed by atoms with Crippen molar-refractivity contribution < 1.29 is 25.6 Å². The Morgan fingerprint density at radius 1 is 1.31 bits per heavy atom. The minimum atomic E-state index is -3.58. The normalized spacial score (nSPS) is 14.8. The molecule has 0 atom stereocenters. The highest BCUT2D eigenvalue weighted by Gasteiger charge is 2.27. The number of nitrogens with one attached hydrogen (secondary N) is 2. The molecule has 2 aromatic rings. The van der Waals surface area contributed by atoms with E-state index in [9.17, 15) is 13.2 Å². The highest BCUT2D eigenvalue weighted by Crippen LogP contribution is 2.28. The first kappa shape index (κ1) is 20.9. The number of anilines is 1. The van der Waals surface area contributed by atoms with E-state index in [0.29, 0.717) is 13.1 Å². The van der Waals surface area contributed by atoms with Crippen molar-refractivity contribution in [3.63, 3.8) is 0 Å². The van der Waals surface area contributed by atoms with Gasteiger partial charge in [0.05, 0.1) is 15.6 Å². The Morgan fingerprint density at radius 2 is 2.00 bits per heavy atom. The van der Waals surface area contributed by atoms with Gasteiger partial charge in [-0.1, -0.05) is 11.6 Å². The predicted octanol–water partition coefficient (Wildman–Crippen LogP) is -0.890. The van der Waals surface area contributed by atoms with Crippen LogP contribution >= 0.6 is 22.9 Å². The summed E-state index contributed by atoms with van der Waals surface area (Å²) in [4.78, 5) is 12.5. The van der Waals surface area contributed by atoms with Gasteiger partial charge in [-0.05, 0) is 31.0 Å². The van der Waals surface area contributed by atoms with Gasteiger partial charge in [-0.2, -0.15) is 4.31 Å². The van der Waals surface area contributed by atoms with Gasteiger partial charge in [-0.25, -0.2) is 8.42 Å². The van der Waals surface area contributed by atoms with Crippen molar-refractivity contribution in [2.24, 2.45) is 0 Å². The van der Waals surface area contributed by atoms with E-state index < -0.39 is 10.0 Å². The van der Waals surface area contributed by atoms with E-state index in [-0.39, 0.29) is 45.3 Å². The number of nitrogens with zero attached hydrogens (tertiary/aromatic N) is 2. The van der Waals surface area contributed by atoms with E-state index in [4.69, 9.17) is 17.0 Å². The summed E-state index contributed by atoms with van der Waals surface area (Å²) >= 11 is 7.31. The summed E-state index contributed by atoms with van der Waals surface area (Å²) in [5, 5.41) is 12.3. The molecule has 7 nitrogen and oxygen atoms in total. The van der Waals surface area contributed by atoms with Crippen LogP contribution in [0.2, 0.25) is 5.02 Å². The number of benzene rings is 1. The highest BCUT2D eigenvalue weighted by atomic mass is 35.5. The molecule has 0 unspecified atom stereocenters. The average molecular weight is 436 g/mol. The summed E-state index contributed by atoms with van der Waals surface area (Å²) < 4.78 is 28.2. The maximum absolute atomic E-state index is 12.6. The lowest BCUT2D eigenvalue weighted by atomic mass is 10.3. The maximum Gasteiger partial charge on any atom is 0.244 e. The van der Waals surface area contributed by atoms with Gasteiger partial charge in [-0.3, -0.25) is 10.2 Å². The number of hydrogen-bond acceptors (Lipinski definition) is 5. The van der Waals surface area contributed by atoms with E-state index in [1.165, 1.54) is 38.4 Å². The number of halogens is 2. The zero-order valence-electron chi connectivity index (χ0n) is 13.6. The second-order valence-electron chi connectivity index (χ2n) is 5.64. The zero-order valence-corrected chi connectivity index (χ0v) is 16.8. The first-order valence-corrected chi connectivity index (χ1v) is 10.4. The third-order valence-corrected chi connectivity index (χ3v) is 6.85. The lowest BCUT2D eigenvalue weighted by Crippen LogP contribution is -3.00. The minimum Gasteiger partial charge on any atom is -1.00 e. The SMILES string of the molecule is N=c1sccn1CC(=O)Nc1cc(S(=O)(=O)N2CCCC2)ccc1Cl.[Cl-]. The molecular formula is C15H17Cl2N4O3S2-. The van der Waals surface area contributed by atoms with Crippen LogP contribution in [0.15, 0.2) is 34.7 Å². The molecule has 0 saturated carbocycles. The second-order valence-corrected chi connectivity index (χ2v) is 8.88. The summed E-state index contributed by atoms with van der Waals surface area (Å²) in [7, 11) is -3.58. The van der Waals surface area contributed by atoms with Crippen molar-refractivity contribution in [1.29, 1.82) is 5.41 Å². The number of amides is 1. The fraction of sp³-hybridized carbons (Fsp3) is 0.333. The Morgan fingerprint density at radius 3 is 2.62 bits per heavy atom. The second kappa shape index (κ2) is 8.53. The van der Waals surface area contributed by atoms with E-state index >= 15 is 0 Å². The Kier molecular flexibility index (Phi) is 6.86. The van der Waals surface area contributed by atoms with Crippen LogP contribution in [0.5, 0.6) is 0 Å². The molecule has 0 spiro atoms. The highest BCUT2D eigenvalue weighted by molar-refractivity contribution is 7.89. The lowest BCUT2D eigenvalue weighted by Gasteiger charge is -2.17. The van der Waals surface area contributed by atoms with Gasteiger partial charge >= 0.3 is 0 Å². The summed E-state index contributed by atoms with van der Waals surface area (Å²) in [5.74, 6) is -0.380. The Hall–Kier alpha value is -1.39. The molecule has 26 heavy (non-hydrogen) atoms. The summed E-state index contributed by atoms with van der Waals surface area (Å²) in [6.45, 7) is 0.975. The molecule has 0 radical (unpaired) electrons. The minimum absolute atomic E-state index is 0. The number of carbonyl (C=O) groups excluding carboxylic acids is 1. The molecule has 3 rings (SSSR count). The van der Waals surface area contributed by atoms with Crippen LogP contribution in [0.4, 0.5) is 5.69 Å². The standard InChI is InChI=1S/C15H17ClN4O3S2.ClH/c16-12-4-3-11(25(22,23)20-5-1-2-6-20)9-13(12)18-14(21)10-19-7-8-24-15(19)17;/h3-4,7-9,17H,1-2,5-6,10H2,(H,18,21);1H/p-1. The number of sulfonamides is 1. The molecule has 0 aliphatic carbocycles.